The number of carbonyl (C=O) groups is 1. The SMILES string of the molecule is Cc1nc(C(=O)N2Cc3cccn3C(COc3ccccn3)C2)cs1. The highest BCUT2D eigenvalue weighted by molar-refractivity contribution is 7.09. The molecule has 1 aliphatic rings. The van der Waals surface area contributed by atoms with Crippen LogP contribution >= 0.6 is 11.3 Å². The van der Waals surface area contributed by atoms with Crippen LogP contribution in [0.1, 0.15) is 27.2 Å². The molecule has 0 radical (unpaired) electrons. The third-order valence-electron chi connectivity index (χ3n) is 4.23. The molecule has 1 atom stereocenters. The summed E-state index contributed by atoms with van der Waals surface area (Å²) in [5.41, 5.74) is 1.62. The normalized spacial score (nSPS) is 16.5. The van der Waals surface area contributed by atoms with Crippen LogP contribution < -0.4 is 4.74 Å². The molecular formula is C18H18N4O2S. The Hall–Kier alpha value is -2.67. The molecule has 0 bridgehead atoms. The maximum Gasteiger partial charge on any atom is 0.273 e. The van der Waals surface area contributed by atoms with Gasteiger partial charge < -0.3 is 14.2 Å². The molecule has 1 aliphatic heterocycles. The minimum Gasteiger partial charge on any atom is -0.475 e. The number of thiazole rings is 1. The Morgan fingerprint density at radius 3 is 3.04 bits per heavy atom. The minimum absolute atomic E-state index is 0.0281. The van der Waals surface area contributed by atoms with Gasteiger partial charge in [0.25, 0.3) is 5.91 Å². The molecular weight excluding hydrogens is 336 g/mol. The largest absolute Gasteiger partial charge is 0.475 e. The van der Waals surface area contributed by atoms with Crippen molar-refractivity contribution in [1.82, 2.24) is 19.4 Å². The van der Waals surface area contributed by atoms with E-state index in [4.69, 9.17) is 4.74 Å². The van der Waals surface area contributed by atoms with E-state index >= 15 is 0 Å². The van der Waals surface area contributed by atoms with Crippen molar-refractivity contribution in [3.05, 3.63) is 64.5 Å². The lowest BCUT2D eigenvalue weighted by atomic mass is 10.2. The Balaban J connectivity index is 1.52. The molecule has 0 aliphatic carbocycles. The van der Waals surface area contributed by atoms with Crippen molar-refractivity contribution in [1.29, 1.82) is 0 Å². The van der Waals surface area contributed by atoms with Crippen molar-refractivity contribution in [2.24, 2.45) is 0 Å². The van der Waals surface area contributed by atoms with E-state index in [0.717, 1.165) is 10.7 Å². The fourth-order valence-electron chi connectivity index (χ4n) is 3.05. The molecule has 0 fully saturated rings. The quantitative estimate of drug-likeness (QED) is 0.723. The molecule has 0 saturated carbocycles. The molecule has 1 unspecified atom stereocenters. The molecule has 7 heteroatoms. The predicted octanol–water partition coefficient (Wildman–Crippen LogP) is 2.92. The van der Waals surface area contributed by atoms with E-state index in [1.807, 2.05) is 53.7 Å². The van der Waals surface area contributed by atoms with Gasteiger partial charge in [0, 0.05) is 36.1 Å². The van der Waals surface area contributed by atoms with Gasteiger partial charge >= 0.3 is 0 Å². The second kappa shape index (κ2) is 6.68. The number of carbonyl (C=O) groups excluding carboxylic acids is 1. The Kier molecular flexibility index (Phi) is 4.23. The van der Waals surface area contributed by atoms with Crippen LogP contribution in [0.4, 0.5) is 0 Å². The molecule has 0 N–H and O–H groups in total. The number of aryl methyl sites for hydroxylation is 1. The zero-order chi connectivity index (χ0) is 17.2. The maximum absolute atomic E-state index is 12.8. The van der Waals surface area contributed by atoms with Crippen LogP contribution in [-0.2, 0) is 6.54 Å². The summed E-state index contributed by atoms with van der Waals surface area (Å²) in [5, 5.41) is 2.73. The maximum atomic E-state index is 12.8. The van der Waals surface area contributed by atoms with Gasteiger partial charge in [-0.1, -0.05) is 6.07 Å². The smallest absolute Gasteiger partial charge is 0.273 e. The number of ether oxygens (including phenoxy) is 1. The van der Waals surface area contributed by atoms with E-state index < -0.39 is 0 Å². The number of hydrogen-bond donors (Lipinski definition) is 0. The van der Waals surface area contributed by atoms with Gasteiger partial charge in [0.2, 0.25) is 5.88 Å². The van der Waals surface area contributed by atoms with Gasteiger partial charge in [0.1, 0.15) is 12.3 Å². The highest BCUT2D eigenvalue weighted by atomic mass is 32.1. The highest BCUT2D eigenvalue weighted by Gasteiger charge is 2.29. The van der Waals surface area contributed by atoms with Crippen LogP contribution in [0.2, 0.25) is 0 Å². The van der Waals surface area contributed by atoms with Crippen molar-refractivity contribution in [2.45, 2.75) is 19.5 Å². The van der Waals surface area contributed by atoms with Crippen molar-refractivity contribution in [3.8, 4) is 5.88 Å². The molecule has 6 nitrogen and oxygen atoms in total. The second-order valence-electron chi connectivity index (χ2n) is 5.98. The molecule has 3 aromatic heterocycles. The minimum atomic E-state index is -0.0281. The molecule has 3 aromatic rings. The average Bonchev–Trinajstić information content (AvgIpc) is 3.28. The van der Waals surface area contributed by atoms with Crippen LogP contribution in [0.3, 0.4) is 0 Å². The van der Waals surface area contributed by atoms with E-state index in [9.17, 15) is 4.79 Å². The monoisotopic (exact) mass is 354 g/mol. The second-order valence-corrected chi connectivity index (χ2v) is 7.04. The van der Waals surface area contributed by atoms with Crippen LogP contribution in [-0.4, -0.2) is 38.5 Å². The fourth-order valence-corrected chi connectivity index (χ4v) is 3.63. The van der Waals surface area contributed by atoms with E-state index in [1.54, 1.807) is 6.20 Å². The lowest BCUT2D eigenvalue weighted by Gasteiger charge is -2.34. The van der Waals surface area contributed by atoms with Gasteiger partial charge in [-0.3, -0.25) is 4.79 Å². The Morgan fingerprint density at radius 1 is 1.36 bits per heavy atom. The van der Waals surface area contributed by atoms with Crippen LogP contribution in [0.25, 0.3) is 0 Å². The van der Waals surface area contributed by atoms with Crippen LogP contribution in [0.15, 0.2) is 48.1 Å². The molecule has 0 aromatic carbocycles. The van der Waals surface area contributed by atoms with Gasteiger partial charge in [-0.2, -0.15) is 0 Å². The fraction of sp³-hybridized carbons (Fsp3) is 0.278. The van der Waals surface area contributed by atoms with Gasteiger partial charge in [0.15, 0.2) is 0 Å². The Bertz CT molecular complexity index is 874. The molecule has 25 heavy (non-hydrogen) atoms. The van der Waals surface area contributed by atoms with Gasteiger partial charge in [-0.15, -0.1) is 11.3 Å². The van der Waals surface area contributed by atoms with Gasteiger partial charge in [-0.05, 0) is 25.1 Å². The van der Waals surface area contributed by atoms with E-state index in [2.05, 4.69) is 14.5 Å². The summed E-state index contributed by atoms with van der Waals surface area (Å²) in [5.74, 6) is 0.564. The standard InChI is InChI=1S/C18H18N4O2S/c1-13-20-16(12-25-13)18(23)21-9-14-5-4-8-22(14)15(10-21)11-24-17-6-2-3-7-19-17/h2-8,12,15H,9-11H2,1H3. The first-order valence-corrected chi connectivity index (χ1v) is 8.99. The Labute approximate surface area is 149 Å². The molecule has 0 spiro atoms. The van der Waals surface area contributed by atoms with Gasteiger partial charge in [-0.25, -0.2) is 9.97 Å². The number of rotatable bonds is 4. The molecule has 4 rings (SSSR count). The summed E-state index contributed by atoms with van der Waals surface area (Å²) in [6.45, 7) is 3.54. The van der Waals surface area contributed by atoms with Crippen molar-refractivity contribution in [2.75, 3.05) is 13.2 Å². The lowest BCUT2D eigenvalue weighted by Crippen LogP contribution is -2.42. The third kappa shape index (κ3) is 3.28. The summed E-state index contributed by atoms with van der Waals surface area (Å²) in [6, 6.07) is 9.67. The number of fused-ring (bicyclic) bond motifs is 1. The summed E-state index contributed by atoms with van der Waals surface area (Å²) in [4.78, 5) is 23.1. The molecule has 4 heterocycles. The summed E-state index contributed by atoms with van der Waals surface area (Å²) >= 11 is 1.50. The lowest BCUT2D eigenvalue weighted by molar-refractivity contribution is 0.0640. The zero-order valence-electron chi connectivity index (χ0n) is 13.8. The summed E-state index contributed by atoms with van der Waals surface area (Å²) < 4.78 is 8.01. The average molecular weight is 354 g/mol. The first-order valence-electron chi connectivity index (χ1n) is 8.11. The van der Waals surface area contributed by atoms with E-state index in [0.29, 0.717) is 31.3 Å². The topological polar surface area (TPSA) is 60.2 Å². The number of hydrogen-bond acceptors (Lipinski definition) is 5. The number of nitrogens with zero attached hydrogens (tertiary/aromatic N) is 4. The third-order valence-corrected chi connectivity index (χ3v) is 5.00. The number of pyridine rings is 1. The molecule has 0 saturated heterocycles. The Morgan fingerprint density at radius 2 is 2.28 bits per heavy atom. The number of aromatic nitrogens is 3. The molecule has 1 amide bonds. The predicted molar refractivity (Wildman–Crippen MR) is 94.8 cm³/mol. The van der Waals surface area contributed by atoms with Crippen molar-refractivity contribution >= 4 is 17.2 Å². The van der Waals surface area contributed by atoms with Crippen LogP contribution in [0.5, 0.6) is 5.88 Å². The molecule has 128 valence electrons. The summed E-state index contributed by atoms with van der Waals surface area (Å²) in [6.07, 6.45) is 3.74. The first-order chi connectivity index (χ1) is 12.2. The van der Waals surface area contributed by atoms with Crippen molar-refractivity contribution < 1.29 is 9.53 Å². The van der Waals surface area contributed by atoms with E-state index in [-0.39, 0.29) is 11.9 Å². The van der Waals surface area contributed by atoms with Crippen molar-refractivity contribution in [3.63, 3.8) is 0 Å². The summed E-state index contributed by atoms with van der Waals surface area (Å²) in [7, 11) is 0. The number of amides is 1. The van der Waals surface area contributed by atoms with Gasteiger partial charge in [0.05, 0.1) is 17.6 Å². The van der Waals surface area contributed by atoms with E-state index in [1.165, 1.54) is 11.3 Å². The van der Waals surface area contributed by atoms with Crippen LogP contribution in [0, 0.1) is 6.92 Å². The first kappa shape index (κ1) is 15.8. The zero-order valence-corrected chi connectivity index (χ0v) is 14.6. The highest BCUT2D eigenvalue weighted by Crippen LogP contribution is 2.24.